The van der Waals surface area contributed by atoms with Gasteiger partial charge in [-0.05, 0) is 61.6 Å². The van der Waals surface area contributed by atoms with Crippen LogP contribution in [0.25, 0.3) is 0 Å². The lowest BCUT2D eigenvalue weighted by molar-refractivity contribution is -0.895. The second-order valence-electron chi connectivity index (χ2n) is 7.92. The molecule has 8 heteroatoms. The Morgan fingerprint density at radius 2 is 1.97 bits per heavy atom. The average molecular weight is 419 g/mol. The van der Waals surface area contributed by atoms with Gasteiger partial charge in [-0.15, -0.1) is 0 Å². The molecule has 0 unspecified atom stereocenters. The van der Waals surface area contributed by atoms with E-state index in [4.69, 9.17) is 4.42 Å². The number of sulfonamides is 1. The summed E-state index contributed by atoms with van der Waals surface area (Å²) in [5.74, 6) is 0.664. The number of piperazine rings is 1. The van der Waals surface area contributed by atoms with Crippen molar-refractivity contribution in [3.63, 3.8) is 0 Å². The van der Waals surface area contributed by atoms with E-state index in [1.165, 1.54) is 5.56 Å². The first-order chi connectivity index (χ1) is 13.9. The summed E-state index contributed by atoms with van der Waals surface area (Å²) in [6, 6.07) is 8.99. The van der Waals surface area contributed by atoms with Gasteiger partial charge in [0.15, 0.2) is 6.54 Å². The number of rotatable bonds is 6. The molecule has 2 aromatic rings. The van der Waals surface area contributed by atoms with Crippen molar-refractivity contribution < 1.29 is 22.5 Å². The highest BCUT2D eigenvalue weighted by Gasteiger charge is 2.32. The number of quaternary nitrogens is 1. The van der Waals surface area contributed by atoms with Crippen molar-refractivity contribution in [1.29, 1.82) is 0 Å². The molecule has 1 aliphatic heterocycles. The number of benzene rings is 1. The van der Waals surface area contributed by atoms with E-state index in [1.54, 1.807) is 22.7 Å². The van der Waals surface area contributed by atoms with E-state index in [9.17, 15) is 13.2 Å². The van der Waals surface area contributed by atoms with Crippen molar-refractivity contribution >= 4 is 15.9 Å². The zero-order valence-electron chi connectivity index (χ0n) is 16.7. The van der Waals surface area contributed by atoms with E-state index in [0.717, 1.165) is 35.5 Å². The van der Waals surface area contributed by atoms with Crippen LogP contribution in [-0.4, -0.2) is 51.4 Å². The normalized spacial score (nSPS) is 19.1. The number of nitrogens with one attached hydrogen (secondary N) is 2. The van der Waals surface area contributed by atoms with Crippen molar-refractivity contribution in [3.8, 4) is 0 Å². The van der Waals surface area contributed by atoms with Crippen molar-refractivity contribution in [1.82, 2.24) is 9.62 Å². The van der Waals surface area contributed by atoms with E-state index in [-0.39, 0.29) is 11.9 Å². The van der Waals surface area contributed by atoms with Gasteiger partial charge in [0.2, 0.25) is 10.0 Å². The minimum absolute atomic E-state index is 0.0566. The molecule has 2 aliphatic rings. The van der Waals surface area contributed by atoms with Crippen molar-refractivity contribution in [3.05, 3.63) is 53.5 Å². The Kier molecular flexibility index (Phi) is 5.76. The van der Waals surface area contributed by atoms with Gasteiger partial charge < -0.3 is 14.6 Å². The number of furan rings is 1. The van der Waals surface area contributed by atoms with Crippen molar-refractivity contribution in [2.24, 2.45) is 0 Å². The number of nitrogens with zero attached hydrogens (tertiary/aromatic N) is 1. The fraction of sp³-hybridized carbons (Fsp3) is 0.476. The zero-order valence-corrected chi connectivity index (χ0v) is 17.5. The standard InChI is InChI=1S/C21H27N3O4S/c1-16(20-6-3-13-28-20)22-21(25)15-23-9-11-24(12-10-23)29(26,27)19-8-7-17-4-2-5-18(17)14-19/h3,6-8,13-14,16H,2,4-5,9-12,15H2,1H3,(H,22,25)/p+1/t16-/m1/s1. The fourth-order valence-electron chi connectivity index (χ4n) is 4.21. The van der Waals surface area contributed by atoms with Gasteiger partial charge in [0.25, 0.3) is 5.91 Å². The van der Waals surface area contributed by atoms with Crippen LogP contribution in [-0.2, 0) is 27.7 Å². The third-order valence-electron chi connectivity index (χ3n) is 5.90. The third-order valence-corrected chi connectivity index (χ3v) is 7.79. The lowest BCUT2D eigenvalue weighted by atomic mass is 10.1. The van der Waals surface area contributed by atoms with E-state index >= 15 is 0 Å². The van der Waals surface area contributed by atoms with E-state index in [0.29, 0.717) is 37.6 Å². The molecule has 1 fully saturated rings. The van der Waals surface area contributed by atoms with Gasteiger partial charge >= 0.3 is 0 Å². The summed E-state index contributed by atoms with van der Waals surface area (Å²) in [5.41, 5.74) is 2.44. The molecule has 1 saturated heterocycles. The summed E-state index contributed by atoms with van der Waals surface area (Å²) in [6.07, 6.45) is 4.69. The van der Waals surface area contributed by atoms with E-state index in [2.05, 4.69) is 5.32 Å². The molecule has 1 aromatic heterocycles. The van der Waals surface area contributed by atoms with Crippen LogP contribution in [0, 0.1) is 0 Å². The third kappa shape index (κ3) is 4.39. The Bertz CT molecular complexity index is 964. The Balaban J connectivity index is 1.31. The van der Waals surface area contributed by atoms with E-state index in [1.807, 2.05) is 25.1 Å². The average Bonchev–Trinajstić information content (AvgIpc) is 3.39. The predicted octanol–water partition coefficient (Wildman–Crippen LogP) is 0.535. The summed E-state index contributed by atoms with van der Waals surface area (Å²) < 4.78 is 32.9. The number of hydrogen-bond donors (Lipinski definition) is 2. The van der Waals surface area contributed by atoms with Gasteiger partial charge in [-0.2, -0.15) is 4.31 Å². The van der Waals surface area contributed by atoms with Gasteiger partial charge in [0.1, 0.15) is 5.76 Å². The molecule has 0 radical (unpaired) electrons. The molecule has 0 saturated carbocycles. The molecule has 1 aromatic carbocycles. The SMILES string of the molecule is C[C@@H](NC(=O)C[NH+]1CCN(S(=O)(=O)c2ccc3c(c2)CCC3)CC1)c1ccco1. The maximum atomic E-state index is 13.0. The van der Waals surface area contributed by atoms with Gasteiger partial charge in [0, 0.05) is 0 Å². The van der Waals surface area contributed by atoms with Gasteiger partial charge in [0.05, 0.1) is 43.4 Å². The fourth-order valence-corrected chi connectivity index (χ4v) is 5.70. The summed E-state index contributed by atoms with van der Waals surface area (Å²) in [6.45, 7) is 4.30. The molecule has 29 heavy (non-hydrogen) atoms. The van der Waals surface area contributed by atoms with Crippen molar-refractivity contribution in [2.75, 3.05) is 32.7 Å². The maximum Gasteiger partial charge on any atom is 0.275 e. The summed E-state index contributed by atoms with van der Waals surface area (Å²) in [5, 5.41) is 2.94. The highest BCUT2D eigenvalue weighted by atomic mass is 32.2. The summed E-state index contributed by atoms with van der Waals surface area (Å²) in [7, 11) is -3.48. The minimum Gasteiger partial charge on any atom is -0.467 e. The molecule has 1 aliphatic carbocycles. The number of carbonyl (C=O) groups excluding carboxylic acids is 1. The van der Waals surface area contributed by atoms with Crippen LogP contribution in [0.3, 0.4) is 0 Å². The second kappa shape index (κ2) is 8.30. The molecule has 0 spiro atoms. The first-order valence-electron chi connectivity index (χ1n) is 10.2. The molecule has 1 amide bonds. The van der Waals surface area contributed by atoms with Gasteiger partial charge in [-0.25, -0.2) is 8.42 Å². The second-order valence-corrected chi connectivity index (χ2v) is 9.86. The van der Waals surface area contributed by atoms with E-state index < -0.39 is 10.0 Å². The Labute approximate surface area is 171 Å². The van der Waals surface area contributed by atoms with Crippen LogP contribution >= 0.6 is 0 Å². The number of amides is 1. The number of fused-ring (bicyclic) bond motifs is 1. The van der Waals surface area contributed by atoms with Gasteiger partial charge in [-0.1, -0.05) is 6.07 Å². The predicted molar refractivity (Wildman–Crippen MR) is 108 cm³/mol. The highest BCUT2D eigenvalue weighted by molar-refractivity contribution is 7.89. The van der Waals surface area contributed by atoms with Crippen LogP contribution in [0.15, 0.2) is 45.9 Å². The molecular weight excluding hydrogens is 390 g/mol. The molecule has 4 rings (SSSR count). The van der Waals surface area contributed by atoms with Crippen LogP contribution in [0.5, 0.6) is 0 Å². The molecule has 156 valence electrons. The van der Waals surface area contributed by atoms with Crippen LogP contribution in [0.2, 0.25) is 0 Å². The van der Waals surface area contributed by atoms with Crippen LogP contribution in [0.1, 0.15) is 36.3 Å². The molecule has 1 atom stereocenters. The van der Waals surface area contributed by atoms with Crippen LogP contribution in [0.4, 0.5) is 0 Å². The minimum atomic E-state index is -3.48. The van der Waals surface area contributed by atoms with Crippen molar-refractivity contribution in [2.45, 2.75) is 37.1 Å². The Morgan fingerprint density at radius 1 is 1.21 bits per heavy atom. The van der Waals surface area contributed by atoms with Crippen LogP contribution < -0.4 is 10.2 Å². The lowest BCUT2D eigenvalue weighted by Crippen LogP contribution is -3.15. The first kappa shape index (κ1) is 20.1. The lowest BCUT2D eigenvalue weighted by Gasteiger charge is -2.31. The number of aryl methyl sites for hydroxylation is 2. The monoisotopic (exact) mass is 418 g/mol. The summed E-state index contributed by atoms with van der Waals surface area (Å²) >= 11 is 0. The quantitative estimate of drug-likeness (QED) is 0.717. The Hall–Kier alpha value is -2.16. The number of carbonyl (C=O) groups is 1. The maximum absolute atomic E-state index is 13.0. The molecular formula is C21H28N3O4S+. The first-order valence-corrected chi connectivity index (χ1v) is 11.7. The molecule has 0 bridgehead atoms. The summed E-state index contributed by atoms with van der Waals surface area (Å²) in [4.78, 5) is 13.8. The molecule has 2 N–H and O–H groups in total. The highest BCUT2D eigenvalue weighted by Crippen LogP contribution is 2.26. The topological polar surface area (TPSA) is 84.1 Å². The molecule has 2 heterocycles. The van der Waals surface area contributed by atoms with Gasteiger partial charge in [-0.3, -0.25) is 4.79 Å². The Morgan fingerprint density at radius 3 is 2.69 bits per heavy atom. The smallest absolute Gasteiger partial charge is 0.275 e. The zero-order chi connectivity index (χ0) is 20.4. The largest absolute Gasteiger partial charge is 0.467 e. The number of hydrogen-bond acceptors (Lipinski definition) is 4. The molecule has 7 nitrogen and oxygen atoms in total.